The van der Waals surface area contributed by atoms with Crippen LogP contribution in [-0.4, -0.2) is 103 Å². The van der Waals surface area contributed by atoms with Gasteiger partial charge in [0.25, 0.3) is 16.4 Å². The summed E-state index contributed by atoms with van der Waals surface area (Å²) in [5, 5.41) is 23.5. The Morgan fingerprint density at radius 3 is 2.47 bits per heavy atom. The first kappa shape index (κ1) is 50.0. The Morgan fingerprint density at radius 2 is 1.73 bits per heavy atom. The van der Waals surface area contributed by atoms with E-state index in [0.29, 0.717) is 50.0 Å². The number of aliphatic hydroxyl groups is 1. The molecule has 3 heterocycles. The van der Waals surface area contributed by atoms with E-state index in [1.54, 1.807) is 42.7 Å². The summed E-state index contributed by atoms with van der Waals surface area (Å²) in [5.41, 5.74) is 4.00. The number of H-pyrrole nitrogens is 1. The number of nitrogens with one attached hydrogen (secondary N) is 6. The van der Waals surface area contributed by atoms with Crippen LogP contribution in [0.1, 0.15) is 55.7 Å². The molecule has 0 spiro atoms. The van der Waals surface area contributed by atoms with Crippen molar-refractivity contribution in [1.29, 1.82) is 0 Å². The number of benzene rings is 3. The van der Waals surface area contributed by atoms with Gasteiger partial charge in [-0.3, -0.25) is 19.2 Å². The SMILES string of the molecule is CC(=O)NS(=O)(=O)c1ccc(-c2ccc(Cl)c3c2CNC(=O)C(Cc2c[nH]c4ccccc24)N(C)C(=O)[C@H](CCCCNCC(F)F)NC(=O)[C@H](CCCO)NCc2cccnc2S3)cc1. The third-order valence-electron chi connectivity index (χ3n) is 11.2. The minimum Gasteiger partial charge on any atom is -0.396 e. The lowest BCUT2D eigenvalue weighted by molar-refractivity contribution is -0.142. The number of pyridine rings is 1. The molecular formula is C46H53ClF2N8O7S2. The van der Waals surface area contributed by atoms with Gasteiger partial charge in [0.15, 0.2) is 0 Å². The Kier molecular flexibility index (Phi) is 17.7. The van der Waals surface area contributed by atoms with E-state index in [4.69, 9.17) is 11.6 Å². The number of fused-ring (bicyclic) bond motifs is 3. The quantitative estimate of drug-likeness (QED) is 0.0669. The summed E-state index contributed by atoms with van der Waals surface area (Å²) in [7, 11) is -2.64. The summed E-state index contributed by atoms with van der Waals surface area (Å²) in [6.07, 6.45) is 2.39. The van der Waals surface area contributed by atoms with E-state index in [0.717, 1.165) is 23.4 Å². The molecule has 6 rings (SSSR count). The molecule has 7 N–H and O–H groups in total. The second kappa shape index (κ2) is 23.3. The first-order valence-electron chi connectivity index (χ1n) is 21.5. The molecule has 0 saturated heterocycles. The molecular weight excluding hydrogens is 914 g/mol. The van der Waals surface area contributed by atoms with Gasteiger partial charge in [-0.15, -0.1) is 0 Å². The number of nitrogens with zero attached hydrogens (tertiary/aromatic N) is 2. The monoisotopic (exact) mass is 966 g/mol. The molecule has 15 nitrogen and oxygen atoms in total. The molecule has 3 aromatic carbocycles. The number of aliphatic hydroxyl groups excluding tert-OH is 1. The molecule has 66 heavy (non-hydrogen) atoms. The number of hydrogen-bond acceptors (Lipinski definition) is 11. The number of aromatic amines is 1. The number of carbonyl (C=O) groups is 4. The Bertz CT molecular complexity index is 2620. The highest BCUT2D eigenvalue weighted by atomic mass is 35.5. The minimum atomic E-state index is -4.14. The van der Waals surface area contributed by atoms with Crippen LogP contribution in [0.5, 0.6) is 0 Å². The molecule has 0 fully saturated rings. The second-order valence-corrected chi connectivity index (χ2v) is 18.9. The molecule has 1 aliphatic heterocycles. The average molecular weight is 968 g/mol. The highest BCUT2D eigenvalue weighted by Gasteiger charge is 2.34. The maximum Gasteiger partial charge on any atom is 0.264 e. The normalized spacial score (nSPS) is 17.8. The molecule has 2 aromatic heterocycles. The highest BCUT2D eigenvalue weighted by Crippen LogP contribution is 2.41. The first-order chi connectivity index (χ1) is 31.7. The summed E-state index contributed by atoms with van der Waals surface area (Å²) in [6.45, 7) is 0.741. The zero-order valence-electron chi connectivity index (χ0n) is 36.4. The van der Waals surface area contributed by atoms with Gasteiger partial charge in [-0.25, -0.2) is 26.9 Å². The fourth-order valence-corrected chi connectivity index (χ4v) is 10.1. The van der Waals surface area contributed by atoms with E-state index < -0.39 is 64.7 Å². The molecule has 1 unspecified atom stereocenters. The number of aromatic nitrogens is 2. The fourth-order valence-electron chi connectivity index (χ4n) is 7.77. The van der Waals surface area contributed by atoms with Crippen LogP contribution in [0.25, 0.3) is 22.0 Å². The largest absolute Gasteiger partial charge is 0.396 e. The molecule has 3 atom stereocenters. The lowest BCUT2D eigenvalue weighted by Crippen LogP contribution is -2.57. The first-order valence-corrected chi connectivity index (χ1v) is 24.1. The smallest absolute Gasteiger partial charge is 0.264 e. The summed E-state index contributed by atoms with van der Waals surface area (Å²) in [6, 6.07) is 17.4. The van der Waals surface area contributed by atoms with E-state index in [1.807, 2.05) is 35.1 Å². The predicted octanol–water partition coefficient (Wildman–Crippen LogP) is 5.30. The van der Waals surface area contributed by atoms with Crippen molar-refractivity contribution in [2.75, 3.05) is 26.7 Å². The van der Waals surface area contributed by atoms with Crippen molar-refractivity contribution in [3.8, 4) is 11.1 Å². The fraction of sp³-hybridized carbons (Fsp3) is 0.370. The summed E-state index contributed by atoms with van der Waals surface area (Å²) >= 11 is 8.25. The molecule has 4 amide bonds. The Hall–Kier alpha value is -5.44. The molecule has 0 aliphatic carbocycles. The third-order valence-corrected chi connectivity index (χ3v) is 14.3. The van der Waals surface area contributed by atoms with Crippen LogP contribution < -0.4 is 26.0 Å². The Balaban J connectivity index is 1.45. The van der Waals surface area contributed by atoms with Gasteiger partial charge in [0, 0.05) is 68.3 Å². The van der Waals surface area contributed by atoms with E-state index in [-0.39, 0.29) is 56.8 Å². The Morgan fingerprint density at radius 1 is 0.970 bits per heavy atom. The maximum atomic E-state index is 14.8. The van der Waals surface area contributed by atoms with Crippen molar-refractivity contribution < 1.29 is 41.5 Å². The number of likely N-dealkylation sites (N-methyl/N-ethyl adjacent to an activating group) is 1. The predicted molar refractivity (Wildman–Crippen MR) is 248 cm³/mol. The van der Waals surface area contributed by atoms with Crippen LogP contribution in [-0.2, 0) is 48.7 Å². The van der Waals surface area contributed by atoms with Crippen LogP contribution in [0.15, 0.2) is 100 Å². The van der Waals surface area contributed by atoms with E-state index in [9.17, 15) is 41.5 Å². The molecule has 20 heteroatoms. The number of rotatable bonds is 15. The zero-order valence-corrected chi connectivity index (χ0v) is 38.8. The van der Waals surface area contributed by atoms with Crippen LogP contribution >= 0.6 is 23.4 Å². The lowest BCUT2D eigenvalue weighted by atomic mass is 9.98. The number of unbranched alkanes of at least 4 members (excludes halogenated alkanes) is 1. The van der Waals surface area contributed by atoms with Gasteiger partial charge >= 0.3 is 0 Å². The van der Waals surface area contributed by atoms with Crippen molar-refractivity contribution in [3.63, 3.8) is 0 Å². The number of para-hydroxylation sites is 1. The van der Waals surface area contributed by atoms with Gasteiger partial charge in [0.05, 0.1) is 22.5 Å². The van der Waals surface area contributed by atoms with Crippen molar-refractivity contribution >= 4 is 67.9 Å². The van der Waals surface area contributed by atoms with Gasteiger partial charge in [-0.1, -0.05) is 65.8 Å². The van der Waals surface area contributed by atoms with Crippen LogP contribution in [0.3, 0.4) is 0 Å². The van der Waals surface area contributed by atoms with E-state index in [2.05, 4.69) is 31.2 Å². The van der Waals surface area contributed by atoms with Gasteiger partial charge in [-0.05, 0) is 96.8 Å². The molecule has 352 valence electrons. The number of amides is 4. The summed E-state index contributed by atoms with van der Waals surface area (Å²) in [4.78, 5) is 65.1. The highest BCUT2D eigenvalue weighted by molar-refractivity contribution is 7.99. The van der Waals surface area contributed by atoms with Gasteiger partial charge in [0.2, 0.25) is 23.6 Å². The second-order valence-electron chi connectivity index (χ2n) is 15.9. The van der Waals surface area contributed by atoms with Crippen molar-refractivity contribution in [2.45, 2.75) is 97.9 Å². The third kappa shape index (κ3) is 12.9. The van der Waals surface area contributed by atoms with Gasteiger partial charge in [0.1, 0.15) is 17.1 Å². The molecule has 1 aliphatic rings. The average Bonchev–Trinajstić information content (AvgIpc) is 3.70. The van der Waals surface area contributed by atoms with Crippen molar-refractivity contribution in [2.24, 2.45) is 0 Å². The summed E-state index contributed by atoms with van der Waals surface area (Å²) in [5.74, 6) is -2.31. The minimum absolute atomic E-state index is 0.0719. The number of halogens is 3. The van der Waals surface area contributed by atoms with Crippen molar-refractivity contribution in [1.82, 2.24) is 40.9 Å². The molecule has 5 aromatic rings. The summed E-state index contributed by atoms with van der Waals surface area (Å²) < 4.78 is 53.3. The number of carbonyl (C=O) groups excluding carboxylic acids is 4. The molecule has 0 saturated carbocycles. The maximum absolute atomic E-state index is 14.8. The topological polar surface area (TPSA) is 215 Å². The van der Waals surface area contributed by atoms with Crippen LogP contribution in [0.4, 0.5) is 8.78 Å². The zero-order chi connectivity index (χ0) is 47.4. The van der Waals surface area contributed by atoms with E-state index >= 15 is 0 Å². The van der Waals surface area contributed by atoms with Crippen LogP contribution in [0, 0.1) is 0 Å². The number of hydrogen-bond donors (Lipinski definition) is 7. The van der Waals surface area contributed by atoms with Crippen LogP contribution in [0.2, 0.25) is 5.02 Å². The molecule has 0 radical (unpaired) electrons. The van der Waals surface area contributed by atoms with Crippen molar-refractivity contribution in [3.05, 3.63) is 107 Å². The number of sulfonamides is 1. The van der Waals surface area contributed by atoms with E-state index in [1.165, 1.54) is 35.8 Å². The van der Waals surface area contributed by atoms with Gasteiger partial charge < -0.3 is 36.3 Å². The lowest BCUT2D eigenvalue weighted by Gasteiger charge is -2.32. The Labute approximate surface area is 391 Å². The standard InChI is InChI=1S/C46H53ClF2N8O7S2/c1-28(59)56-66(63,64)32-16-14-29(15-17-32)33-18-19-36(47)42-35(33)26-54-44(61)40(23-31-25-52-37-11-4-3-10-34(31)37)57(2)46(62)39(12-5-6-20-50-27-41(48)49)55-43(60)38(13-8-22-58)53-24-30-9-7-21-51-45(30)65-42/h3-4,7,9-11,14-19,21,25,38-41,50,52-53,58H,5-6,8,12-13,20,22-24,26-27H2,1-2H3,(H,54,61)(H,55,60)(H,56,59)/t38-,39-,40?/m0/s1. The number of alkyl halides is 2. The molecule has 0 bridgehead atoms. The van der Waals surface area contributed by atoms with Gasteiger partial charge in [-0.2, -0.15) is 0 Å².